The highest BCUT2D eigenvalue weighted by Crippen LogP contribution is 2.26. The third kappa shape index (κ3) is 2.27. The molecule has 0 saturated heterocycles. The minimum Gasteiger partial charge on any atom is -0.494 e. The van der Waals surface area contributed by atoms with Crippen LogP contribution >= 0.6 is 0 Å². The average molecular weight is 231 g/mol. The summed E-state index contributed by atoms with van der Waals surface area (Å²) < 4.78 is 30.8. The smallest absolute Gasteiger partial charge is 0.312 e. The number of hydrogen-bond donors (Lipinski definition) is 2. The summed E-state index contributed by atoms with van der Waals surface area (Å²) in [6, 6.07) is 1.94. The molecule has 1 atom stereocenters. The van der Waals surface area contributed by atoms with Crippen molar-refractivity contribution in [2.75, 3.05) is 13.7 Å². The lowest BCUT2D eigenvalue weighted by Gasteiger charge is -2.12. The molecule has 4 nitrogen and oxygen atoms in total. The number of carbonyl (C=O) groups is 1. The van der Waals surface area contributed by atoms with E-state index in [1.54, 1.807) is 0 Å². The van der Waals surface area contributed by atoms with Gasteiger partial charge in [-0.3, -0.25) is 4.79 Å². The largest absolute Gasteiger partial charge is 0.494 e. The molecule has 88 valence electrons. The van der Waals surface area contributed by atoms with Gasteiger partial charge in [-0.15, -0.1) is 0 Å². The molecule has 0 aliphatic heterocycles. The molecule has 0 aromatic heterocycles. The lowest BCUT2D eigenvalue weighted by Crippen LogP contribution is -2.21. The van der Waals surface area contributed by atoms with Gasteiger partial charge in [0.1, 0.15) is 0 Å². The van der Waals surface area contributed by atoms with Gasteiger partial charge in [0.15, 0.2) is 11.6 Å². The van der Waals surface area contributed by atoms with Crippen molar-refractivity contribution in [2.24, 2.45) is 5.73 Å². The van der Waals surface area contributed by atoms with Crippen molar-refractivity contribution in [1.82, 2.24) is 0 Å². The first kappa shape index (κ1) is 12.4. The number of hydrogen-bond acceptors (Lipinski definition) is 3. The molecule has 1 unspecified atom stereocenters. The standard InChI is InChI=1S/C10H11F2NO3/c1-16-8-3-5(2-7(11)9(8)12)6(4-13)10(14)15/h2-3,6H,4,13H2,1H3,(H,14,15). The second-order valence-electron chi connectivity index (χ2n) is 3.15. The summed E-state index contributed by atoms with van der Waals surface area (Å²) >= 11 is 0. The van der Waals surface area contributed by atoms with E-state index < -0.39 is 23.5 Å². The van der Waals surface area contributed by atoms with E-state index in [4.69, 9.17) is 10.8 Å². The predicted octanol–water partition coefficient (Wildman–Crippen LogP) is 1.10. The Morgan fingerprint density at radius 3 is 2.62 bits per heavy atom. The molecule has 0 spiro atoms. The Balaban J connectivity index is 3.24. The van der Waals surface area contributed by atoms with Crippen LogP contribution in [0, 0.1) is 11.6 Å². The molecule has 16 heavy (non-hydrogen) atoms. The van der Waals surface area contributed by atoms with Gasteiger partial charge in [-0.2, -0.15) is 4.39 Å². The summed E-state index contributed by atoms with van der Waals surface area (Å²) in [5.74, 6) is -4.92. The maximum atomic E-state index is 13.1. The van der Waals surface area contributed by atoms with Gasteiger partial charge in [-0.05, 0) is 17.7 Å². The van der Waals surface area contributed by atoms with Crippen molar-refractivity contribution in [1.29, 1.82) is 0 Å². The third-order valence-corrected chi connectivity index (χ3v) is 2.17. The zero-order valence-corrected chi connectivity index (χ0v) is 8.54. The average Bonchev–Trinajstić information content (AvgIpc) is 2.23. The number of ether oxygens (including phenoxy) is 1. The van der Waals surface area contributed by atoms with Crippen LogP contribution in [0.4, 0.5) is 8.78 Å². The lowest BCUT2D eigenvalue weighted by atomic mass is 9.99. The molecule has 1 rings (SSSR count). The summed E-state index contributed by atoms with van der Waals surface area (Å²) in [5.41, 5.74) is 5.32. The highest BCUT2D eigenvalue weighted by molar-refractivity contribution is 5.76. The maximum Gasteiger partial charge on any atom is 0.312 e. The summed E-state index contributed by atoms with van der Waals surface area (Å²) in [4.78, 5) is 10.8. The molecule has 0 saturated carbocycles. The molecular weight excluding hydrogens is 220 g/mol. The van der Waals surface area contributed by atoms with Gasteiger partial charge in [0.05, 0.1) is 13.0 Å². The number of methoxy groups -OCH3 is 1. The summed E-state index contributed by atoms with van der Waals surface area (Å²) in [5, 5.41) is 8.81. The molecule has 0 radical (unpaired) electrons. The Labute approximate surface area is 90.6 Å². The summed E-state index contributed by atoms with van der Waals surface area (Å²) in [7, 11) is 1.17. The van der Waals surface area contributed by atoms with Gasteiger partial charge in [0.25, 0.3) is 0 Å². The molecule has 0 fully saturated rings. The number of carboxylic acid groups (broad SMARTS) is 1. The van der Waals surface area contributed by atoms with Crippen LogP contribution in [0.3, 0.4) is 0 Å². The van der Waals surface area contributed by atoms with E-state index in [2.05, 4.69) is 4.74 Å². The van der Waals surface area contributed by atoms with Crippen molar-refractivity contribution < 1.29 is 23.4 Å². The van der Waals surface area contributed by atoms with E-state index in [9.17, 15) is 13.6 Å². The molecule has 6 heteroatoms. The van der Waals surface area contributed by atoms with E-state index in [0.717, 1.165) is 12.1 Å². The number of benzene rings is 1. The lowest BCUT2D eigenvalue weighted by molar-refractivity contribution is -0.138. The molecule has 0 heterocycles. The molecule has 1 aromatic rings. The molecule has 0 aliphatic rings. The molecule has 0 aliphatic carbocycles. The van der Waals surface area contributed by atoms with Crippen LogP contribution in [0.25, 0.3) is 0 Å². The highest BCUT2D eigenvalue weighted by atomic mass is 19.2. The number of halogens is 2. The van der Waals surface area contributed by atoms with Crippen molar-refractivity contribution in [2.45, 2.75) is 5.92 Å². The Bertz CT molecular complexity index is 409. The third-order valence-electron chi connectivity index (χ3n) is 2.17. The highest BCUT2D eigenvalue weighted by Gasteiger charge is 2.21. The fourth-order valence-electron chi connectivity index (χ4n) is 1.31. The number of nitrogens with two attached hydrogens (primary N) is 1. The zero-order valence-electron chi connectivity index (χ0n) is 8.54. The van der Waals surface area contributed by atoms with Crippen LogP contribution < -0.4 is 10.5 Å². The van der Waals surface area contributed by atoms with E-state index in [1.807, 2.05) is 0 Å². The van der Waals surface area contributed by atoms with Crippen LogP contribution in [-0.4, -0.2) is 24.7 Å². The van der Waals surface area contributed by atoms with Crippen LogP contribution in [0.15, 0.2) is 12.1 Å². The van der Waals surface area contributed by atoms with Crippen LogP contribution in [0.2, 0.25) is 0 Å². The van der Waals surface area contributed by atoms with Gasteiger partial charge in [-0.25, -0.2) is 4.39 Å². The molecule has 0 amide bonds. The Morgan fingerprint density at radius 2 is 2.19 bits per heavy atom. The fraction of sp³-hybridized carbons (Fsp3) is 0.300. The monoisotopic (exact) mass is 231 g/mol. The minimum atomic E-state index is -1.20. The zero-order chi connectivity index (χ0) is 12.3. The molecule has 3 N–H and O–H groups in total. The van der Waals surface area contributed by atoms with Crippen molar-refractivity contribution >= 4 is 5.97 Å². The first-order chi connectivity index (χ1) is 7.51. The van der Waals surface area contributed by atoms with Gasteiger partial charge in [0.2, 0.25) is 5.82 Å². The predicted molar refractivity (Wildman–Crippen MR) is 52.3 cm³/mol. The fourth-order valence-corrected chi connectivity index (χ4v) is 1.31. The first-order valence-electron chi connectivity index (χ1n) is 4.47. The Kier molecular flexibility index (Phi) is 3.78. The summed E-state index contributed by atoms with van der Waals surface area (Å²) in [6.07, 6.45) is 0. The van der Waals surface area contributed by atoms with Crippen LogP contribution in [0.5, 0.6) is 5.75 Å². The van der Waals surface area contributed by atoms with Gasteiger partial charge in [-0.1, -0.05) is 0 Å². The van der Waals surface area contributed by atoms with E-state index in [-0.39, 0.29) is 17.9 Å². The number of carboxylic acids is 1. The SMILES string of the molecule is COc1cc(C(CN)C(=O)O)cc(F)c1F. The summed E-state index contributed by atoms with van der Waals surface area (Å²) in [6.45, 7) is -0.205. The maximum absolute atomic E-state index is 13.1. The second-order valence-corrected chi connectivity index (χ2v) is 3.15. The molecule has 1 aromatic carbocycles. The second kappa shape index (κ2) is 4.89. The van der Waals surface area contributed by atoms with E-state index in [0.29, 0.717) is 0 Å². The quantitative estimate of drug-likeness (QED) is 0.813. The van der Waals surface area contributed by atoms with Crippen molar-refractivity contribution in [3.8, 4) is 5.75 Å². The van der Waals surface area contributed by atoms with E-state index >= 15 is 0 Å². The van der Waals surface area contributed by atoms with Gasteiger partial charge < -0.3 is 15.6 Å². The first-order valence-corrected chi connectivity index (χ1v) is 4.47. The topological polar surface area (TPSA) is 72.5 Å². The van der Waals surface area contributed by atoms with Crippen molar-refractivity contribution in [3.63, 3.8) is 0 Å². The minimum absolute atomic E-state index is 0.0748. The molecule has 0 bridgehead atoms. The van der Waals surface area contributed by atoms with E-state index in [1.165, 1.54) is 7.11 Å². The normalized spacial score (nSPS) is 12.2. The Morgan fingerprint density at radius 1 is 1.56 bits per heavy atom. The van der Waals surface area contributed by atoms with Gasteiger partial charge in [0, 0.05) is 6.54 Å². The number of aliphatic carboxylic acids is 1. The number of rotatable bonds is 4. The van der Waals surface area contributed by atoms with Crippen LogP contribution in [-0.2, 0) is 4.79 Å². The van der Waals surface area contributed by atoms with Crippen LogP contribution in [0.1, 0.15) is 11.5 Å². The Hall–Kier alpha value is -1.69. The van der Waals surface area contributed by atoms with Crippen molar-refractivity contribution in [3.05, 3.63) is 29.3 Å². The van der Waals surface area contributed by atoms with Gasteiger partial charge >= 0.3 is 5.97 Å². The molecular formula is C10H11F2NO3.